The number of hydrazine groups is 1. The number of hydrogen-bond acceptors (Lipinski definition) is 5. The fourth-order valence-electron chi connectivity index (χ4n) is 2.23. The number of nitrogens with zero attached hydrogens (tertiary/aromatic N) is 3. The molecule has 2 atom stereocenters. The third-order valence-electron chi connectivity index (χ3n) is 3.33. The highest BCUT2D eigenvalue weighted by atomic mass is 16.5. The molecule has 96 valence electrons. The molecule has 1 fully saturated rings. The van der Waals surface area contributed by atoms with Gasteiger partial charge in [-0.05, 0) is 25.7 Å². The Morgan fingerprint density at radius 1 is 1.71 bits per heavy atom. The first-order valence-corrected chi connectivity index (χ1v) is 6.20. The second-order valence-electron chi connectivity index (χ2n) is 4.58. The Balaban J connectivity index is 1.78. The topological polar surface area (TPSA) is 78.0 Å². The van der Waals surface area contributed by atoms with E-state index in [2.05, 4.69) is 15.5 Å². The van der Waals surface area contributed by atoms with Crippen LogP contribution < -0.4 is 11.3 Å². The second kappa shape index (κ2) is 6.09. The van der Waals surface area contributed by atoms with Gasteiger partial charge < -0.3 is 4.74 Å². The minimum absolute atomic E-state index is 0.238. The van der Waals surface area contributed by atoms with Crippen LogP contribution in [0.2, 0.25) is 0 Å². The van der Waals surface area contributed by atoms with Gasteiger partial charge in [0.1, 0.15) is 12.2 Å². The largest absolute Gasteiger partial charge is 0.378 e. The van der Waals surface area contributed by atoms with Crippen LogP contribution in [0.3, 0.4) is 0 Å². The molecule has 2 heterocycles. The summed E-state index contributed by atoms with van der Waals surface area (Å²) in [5.41, 5.74) is 2.85. The summed E-state index contributed by atoms with van der Waals surface area (Å²) in [6, 6.07) is 0.238. The van der Waals surface area contributed by atoms with E-state index in [9.17, 15) is 0 Å². The standard InChI is InChI=1S/C11H21N5O/c1-16-11(13-8-14-16)7-9(15-12)4-5-10-3-2-6-17-10/h8-10,15H,2-7,12H2,1H3. The monoisotopic (exact) mass is 239 g/mol. The molecule has 0 spiro atoms. The first kappa shape index (κ1) is 12.5. The highest BCUT2D eigenvalue weighted by Gasteiger charge is 2.18. The van der Waals surface area contributed by atoms with Gasteiger partial charge in [-0.15, -0.1) is 0 Å². The number of aryl methyl sites for hydroxylation is 1. The fourth-order valence-corrected chi connectivity index (χ4v) is 2.23. The summed E-state index contributed by atoms with van der Waals surface area (Å²) in [6.07, 6.45) is 7.24. The summed E-state index contributed by atoms with van der Waals surface area (Å²) >= 11 is 0. The summed E-state index contributed by atoms with van der Waals surface area (Å²) in [5, 5.41) is 4.05. The van der Waals surface area contributed by atoms with Gasteiger partial charge in [-0.2, -0.15) is 5.10 Å². The van der Waals surface area contributed by atoms with Crippen molar-refractivity contribution in [3.8, 4) is 0 Å². The van der Waals surface area contributed by atoms with Crippen molar-refractivity contribution < 1.29 is 4.74 Å². The molecule has 3 N–H and O–H groups in total. The lowest BCUT2D eigenvalue weighted by Crippen LogP contribution is -2.38. The molecule has 0 radical (unpaired) electrons. The first-order valence-electron chi connectivity index (χ1n) is 6.20. The van der Waals surface area contributed by atoms with E-state index >= 15 is 0 Å². The van der Waals surface area contributed by atoms with Crippen molar-refractivity contribution in [3.63, 3.8) is 0 Å². The van der Waals surface area contributed by atoms with Gasteiger partial charge in [0.25, 0.3) is 0 Å². The normalized spacial score (nSPS) is 21.9. The zero-order valence-electron chi connectivity index (χ0n) is 10.3. The van der Waals surface area contributed by atoms with Crippen LogP contribution >= 0.6 is 0 Å². The Morgan fingerprint density at radius 2 is 2.59 bits per heavy atom. The van der Waals surface area contributed by atoms with Gasteiger partial charge in [-0.1, -0.05) is 0 Å². The molecule has 1 aliphatic rings. The molecule has 1 aromatic heterocycles. The number of nitrogens with one attached hydrogen (secondary N) is 1. The minimum Gasteiger partial charge on any atom is -0.378 e. The van der Waals surface area contributed by atoms with Crippen LogP contribution in [-0.4, -0.2) is 33.5 Å². The van der Waals surface area contributed by atoms with Crippen molar-refractivity contribution in [2.45, 2.75) is 44.2 Å². The van der Waals surface area contributed by atoms with Gasteiger partial charge in [-0.3, -0.25) is 16.0 Å². The Morgan fingerprint density at radius 3 is 3.18 bits per heavy atom. The summed E-state index contributed by atoms with van der Waals surface area (Å²) in [7, 11) is 1.90. The van der Waals surface area contributed by atoms with E-state index in [1.54, 1.807) is 11.0 Å². The molecular weight excluding hydrogens is 218 g/mol. The number of ether oxygens (including phenoxy) is 1. The van der Waals surface area contributed by atoms with Crippen molar-refractivity contribution in [2.24, 2.45) is 12.9 Å². The van der Waals surface area contributed by atoms with Crippen molar-refractivity contribution in [3.05, 3.63) is 12.2 Å². The van der Waals surface area contributed by atoms with E-state index in [0.717, 1.165) is 31.7 Å². The third-order valence-corrected chi connectivity index (χ3v) is 3.33. The molecule has 0 aromatic carbocycles. The Kier molecular flexibility index (Phi) is 4.47. The van der Waals surface area contributed by atoms with Crippen LogP contribution in [0.15, 0.2) is 6.33 Å². The lowest BCUT2D eigenvalue weighted by molar-refractivity contribution is 0.0995. The maximum absolute atomic E-state index is 5.61. The van der Waals surface area contributed by atoms with Crippen LogP contribution in [-0.2, 0) is 18.2 Å². The zero-order chi connectivity index (χ0) is 12.1. The van der Waals surface area contributed by atoms with Crippen molar-refractivity contribution in [1.82, 2.24) is 20.2 Å². The molecule has 0 saturated carbocycles. The van der Waals surface area contributed by atoms with Gasteiger partial charge in [0, 0.05) is 26.1 Å². The van der Waals surface area contributed by atoms with E-state index in [0.29, 0.717) is 6.10 Å². The second-order valence-corrected chi connectivity index (χ2v) is 4.58. The Bertz CT molecular complexity index is 334. The van der Waals surface area contributed by atoms with E-state index in [4.69, 9.17) is 10.6 Å². The Labute approximate surface area is 102 Å². The molecule has 6 heteroatoms. The molecule has 0 bridgehead atoms. The molecule has 2 rings (SSSR count). The number of rotatable bonds is 6. The van der Waals surface area contributed by atoms with E-state index in [1.165, 1.54) is 12.8 Å². The predicted molar refractivity (Wildman–Crippen MR) is 64.0 cm³/mol. The fraction of sp³-hybridized carbons (Fsp3) is 0.818. The van der Waals surface area contributed by atoms with Crippen LogP contribution in [0.5, 0.6) is 0 Å². The number of aromatic nitrogens is 3. The van der Waals surface area contributed by atoms with Crippen molar-refractivity contribution in [1.29, 1.82) is 0 Å². The maximum Gasteiger partial charge on any atom is 0.138 e. The minimum atomic E-state index is 0.238. The molecule has 1 aromatic rings. The summed E-state index contributed by atoms with van der Waals surface area (Å²) in [5.74, 6) is 6.53. The van der Waals surface area contributed by atoms with Gasteiger partial charge in [0.2, 0.25) is 0 Å². The summed E-state index contributed by atoms with van der Waals surface area (Å²) in [4.78, 5) is 4.21. The molecule has 1 aliphatic heterocycles. The van der Waals surface area contributed by atoms with Gasteiger partial charge in [0.15, 0.2) is 0 Å². The number of hydrogen-bond donors (Lipinski definition) is 2. The molecule has 17 heavy (non-hydrogen) atoms. The molecule has 0 amide bonds. The Hall–Kier alpha value is -0.980. The molecule has 2 unspecified atom stereocenters. The lowest BCUT2D eigenvalue weighted by Gasteiger charge is -2.17. The zero-order valence-corrected chi connectivity index (χ0v) is 10.3. The number of nitrogens with two attached hydrogens (primary N) is 1. The molecule has 1 saturated heterocycles. The van der Waals surface area contributed by atoms with Crippen molar-refractivity contribution in [2.75, 3.05) is 6.61 Å². The molecule has 0 aliphatic carbocycles. The van der Waals surface area contributed by atoms with Crippen LogP contribution in [0, 0.1) is 0 Å². The van der Waals surface area contributed by atoms with Crippen LogP contribution in [0.4, 0.5) is 0 Å². The van der Waals surface area contributed by atoms with Gasteiger partial charge in [0.05, 0.1) is 6.10 Å². The van der Waals surface area contributed by atoms with Crippen LogP contribution in [0.25, 0.3) is 0 Å². The molecular formula is C11H21N5O. The third kappa shape index (κ3) is 3.49. The SMILES string of the molecule is Cn1ncnc1CC(CCC1CCCO1)NN. The van der Waals surface area contributed by atoms with E-state index < -0.39 is 0 Å². The van der Waals surface area contributed by atoms with Gasteiger partial charge >= 0.3 is 0 Å². The summed E-state index contributed by atoms with van der Waals surface area (Å²) < 4.78 is 7.39. The quantitative estimate of drug-likeness (QED) is 0.546. The van der Waals surface area contributed by atoms with Crippen LogP contribution in [0.1, 0.15) is 31.5 Å². The first-order chi connectivity index (χ1) is 8.29. The lowest BCUT2D eigenvalue weighted by atomic mass is 10.0. The maximum atomic E-state index is 5.61. The van der Waals surface area contributed by atoms with E-state index in [1.807, 2.05) is 7.05 Å². The highest BCUT2D eigenvalue weighted by Crippen LogP contribution is 2.18. The summed E-state index contributed by atoms with van der Waals surface area (Å²) in [6.45, 7) is 0.911. The highest BCUT2D eigenvalue weighted by molar-refractivity contribution is 4.88. The van der Waals surface area contributed by atoms with Gasteiger partial charge in [-0.25, -0.2) is 4.98 Å². The van der Waals surface area contributed by atoms with Crippen molar-refractivity contribution >= 4 is 0 Å². The molecule has 6 nitrogen and oxygen atoms in total. The van der Waals surface area contributed by atoms with E-state index in [-0.39, 0.29) is 6.04 Å². The average molecular weight is 239 g/mol. The average Bonchev–Trinajstić information content (AvgIpc) is 2.96. The smallest absolute Gasteiger partial charge is 0.138 e. The predicted octanol–water partition coefficient (Wildman–Crippen LogP) is 0.149.